The van der Waals surface area contributed by atoms with Crippen LogP contribution in [0.1, 0.15) is 70.2 Å². The van der Waals surface area contributed by atoms with Crippen molar-refractivity contribution in [2.45, 2.75) is 84.9 Å². The van der Waals surface area contributed by atoms with Gasteiger partial charge in [-0.2, -0.15) is 0 Å². The molecule has 11 heteroatoms. The predicted octanol–water partition coefficient (Wildman–Crippen LogP) is 3.25. The second-order valence-electron chi connectivity index (χ2n) is 12.1. The summed E-state index contributed by atoms with van der Waals surface area (Å²) in [5.41, 5.74) is 0.707. The van der Waals surface area contributed by atoms with E-state index in [2.05, 4.69) is 10.6 Å². The molecule has 2 aliphatic rings. The van der Waals surface area contributed by atoms with Crippen molar-refractivity contribution in [2.24, 2.45) is 5.92 Å². The summed E-state index contributed by atoms with van der Waals surface area (Å²) in [6.45, 7) is 10.7. The first-order valence-corrected chi connectivity index (χ1v) is 14.1. The first-order valence-electron chi connectivity index (χ1n) is 14.1. The Bertz CT molecular complexity index is 1670. The van der Waals surface area contributed by atoms with Crippen LogP contribution >= 0.6 is 0 Å². The zero-order valence-corrected chi connectivity index (χ0v) is 24.7. The lowest BCUT2D eigenvalue weighted by Crippen LogP contribution is -2.50. The monoisotopic (exact) mass is 576 g/mol. The van der Waals surface area contributed by atoms with Crippen LogP contribution in [-0.2, 0) is 44.4 Å². The Morgan fingerprint density at radius 1 is 1.19 bits per heavy atom. The van der Waals surface area contributed by atoms with Crippen LogP contribution in [0.3, 0.4) is 0 Å². The van der Waals surface area contributed by atoms with Crippen molar-refractivity contribution in [3.8, 4) is 11.4 Å². The van der Waals surface area contributed by atoms with E-state index in [0.717, 1.165) is 16.5 Å². The Morgan fingerprint density at radius 2 is 1.90 bits per heavy atom. The van der Waals surface area contributed by atoms with Crippen LogP contribution in [0.2, 0.25) is 0 Å². The Labute approximate surface area is 243 Å². The van der Waals surface area contributed by atoms with E-state index >= 15 is 0 Å². The number of hydrogen-bond acceptors (Lipinski definition) is 8. The van der Waals surface area contributed by atoms with Crippen LogP contribution in [0, 0.1) is 5.92 Å². The van der Waals surface area contributed by atoms with Crippen LogP contribution in [0.15, 0.2) is 35.1 Å². The lowest BCUT2D eigenvalue weighted by molar-refractivity contribution is -0.172. The van der Waals surface area contributed by atoms with Crippen molar-refractivity contribution >= 4 is 28.9 Å². The van der Waals surface area contributed by atoms with Crippen molar-refractivity contribution in [1.82, 2.24) is 20.2 Å². The van der Waals surface area contributed by atoms with Crippen molar-refractivity contribution < 1.29 is 29.0 Å². The summed E-state index contributed by atoms with van der Waals surface area (Å²) in [6, 6.07) is 8.31. The van der Waals surface area contributed by atoms with Crippen LogP contribution in [0.4, 0.5) is 4.79 Å². The van der Waals surface area contributed by atoms with Crippen molar-refractivity contribution in [1.29, 1.82) is 0 Å². The average molecular weight is 577 g/mol. The molecule has 3 aromatic rings. The minimum absolute atomic E-state index is 0.0470. The van der Waals surface area contributed by atoms with Crippen LogP contribution < -0.4 is 16.2 Å². The lowest BCUT2D eigenvalue weighted by Gasteiger charge is -2.31. The molecule has 11 nitrogen and oxygen atoms in total. The molecule has 2 aromatic heterocycles. The number of aliphatic hydroxyl groups is 1. The van der Waals surface area contributed by atoms with Gasteiger partial charge in [-0.05, 0) is 50.8 Å². The highest BCUT2D eigenvalue weighted by molar-refractivity contribution is 5.90. The number of aromatic nitrogens is 2. The number of para-hydroxylation sites is 1. The maximum Gasteiger partial charge on any atom is 0.408 e. The molecule has 0 aliphatic carbocycles. The molecule has 2 amide bonds. The molecule has 2 aliphatic heterocycles. The molecule has 0 saturated carbocycles. The number of ether oxygens (including phenoxy) is 2. The number of nitrogens with one attached hydrogen (secondary N) is 2. The molecule has 0 saturated heterocycles. The zero-order valence-electron chi connectivity index (χ0n) is 24.7. The van der Waals surface area contributed by atoms with E-state index in [4.69, 9.17) is 14.5 Å². The third kappa shape index (κ3) is 5.02. The SMILES string of the molecule is CC[C@@]1(O)C(=O)OCc2c1cc1n(c2=O)Cc2c-1nc1ccccc1c2CNC(=O)[C@@H](NC(=O)OC(C)(C)C)C(C)C. The van der Waals surface area contributed by atoms with Gasteiger partial charge in [-0.15, -0.1) is 0 Å². The second kappa shape index (κ2) is 10.5. The third-order valence-corrected chi connectivity index (χ3v) is 7.77. The second-order valence-corrected chi connectivity index (χ2v) is 12.1. The van der Waals surface area contributed by atoms with Crippen LogP contribution in [0.25, 0.3) is 22.3 Å². The van der Waals surface area contributed by atoms with Gasteiger partial charge in [-0.3, -0.25) is 9.59 Å². The largest absolute Gasteiger partial charge is 0.458 e. The van der Waals surface area contributed by atoms with Gasteiger partial charge in [-0.1, -0.05) is 39.0 Å². The minimum Gasteiger partial charge on any atom is -0.458 e. The maximum absolute atomic E-state index is 13.6. The van der Waals surface area contributed by atoms with Gasteiger partial charge in [-0.25, -0.2) is 14.6 Å². The predicted molar refractivity (Wildman–Crippen MR) is 154 cm³/mol. The fraction of sp³-hybridized carbons (Fsp3) is 0.452. The van der Waals surface area contributed by atoms with Crippen molar-refractivity contribution in [3.05, 3.63) is 62.9 Å². The average Bonchev–Trinajstić information content (AvgIpc) is 3.29. The standard InChI is InChI=1S/C31H36N4O7/c1-7-31(40)21-12-23-25-19(14-35(23)27(37)20(21)15-41-28(31)38)18(17-10-8-9-11-22(17)33-25)13-32-26(36)24(16(2)3)34-29(39)42-30(4,5)6/h8-12,16,24,40H,7,13-15H2,1-6H3,(H,32,36)(H,34,39)/t24-,31-/m0/s1. The summed E-state index contributed by atoms with van der Waals surface area (Å²) >= 11 is 0. The number of carbonyl (C=O) groups is 3. The third-order valence-electron chi connectivity index (χ3n) is 7.77. The molecular weight excluding hydrogens is 540 g/mol. The Morgan fingerprint density at radius 3 is 2.57 bits per heavy atom. The summed E-state index contributed by atoms with van der Waals surface area (Å²) in [5.74, 6) is -1.37. The quantitative estimate of drug-likeness (QED) is 0.296. The summed E-state index contributed by atoms with van der Waals surface area (Å²) in [5, 5.41) is 17.6. The van der Waals surface area contributed by atoms with Gasteiger partial charge in [0.2, 0.25) is 5.91 Å². The summed E-state index contributed by atoms with van der Waals surface area (Å²) in [6.07, 6.45) is -0.634. The van der Waals surface area contributed by atoms with E-state index in [0.29, 0.717) is 16.9 Å². The van der Waals surface area contributed by atoms with Crippen LogP contribution in [0.5, 0.6) is 0 Å². The minimum atomic E-state index is -1.92. The smallest absolute Gasteiger partial charge is 0.408 e. The highest BCUT2D eigenvalue weighted by Crippen LogP contribution is 2.40. The molecular formula is C31H36N4O7. The van der Waals surface area contributed by atoms with E-state index in [1.165, 1.54) is 0 Å². The van der Waals surface area contributed by atoms with Gasteiger partial charge >= 0.3 is 12.1 Å². The number of rotatable bonds is 6. The number of hydrogen-bond donors (Lipinski definition) is 3. The molecule has 1 aromatic carbocycles. The van der Waals surface area contributed by atoms with E-state index in [-0.39, 0.29) is 54.6 Å². The summed E-state index contributed by atoms with van der Waals surface area (Å²) < 4.78 is 12.1. The molecule has 2 atom stereocenters. The van der Waals surface area contributed by atoms with Gasteiger partial charge in [0.1, 0.15) is 18.2 Å². The molecule has 3 N–H and O–H groups in total. The number of amides is 2. The topological polar surface area (TPSA) is 149 Å². The molecule has 0 unspecified atom stereocenters. The molecule has 222 valence electrons. The molecule has 42 heavy (non-hydrogen) atoms. The fourth-order valence-corrected chi connectivity index (χ4v) is 5.57. The van der Waals surface area contributed by atoms with Gasteiger partial charge in [0, 0.05) is 23.1 Å². The molecule has 4 heterocycles. The van der Waals surface area contributed by atoms with Gasteiger partial charge < -0.3 is 29.8 Å². The number of pyridine rings is 2. The number of alkyl carbamates (subject to hydrolysis) is 1. The molecule has 0 spiro atoms. The number of fused-ring (bicyclic) bond motifs is 5. The van der Waals surface area contributed by atoms with Gasteiger partial charge in [0.25, 0.3) is 5.56 Å². The Hall–Kier alpha value is -4.25. The molecule has 0 bridgehead atoms. The van der Waals surface area contributed by atoms with Crippen molar-refractivity contribution in [2.75, 3.05) is 0 Å². The zero-order chi connectivity index (χ0) is 30.6. The van der Waals surface area contributed by atoms with E-state index in [1.807, 2.05) is 38.1 Å². The molecule has 5 rings (SSSR count). The van der Waals surface area contributed by atoms with E-state index in [1.54, 1.807) is 38.3 Å². The number of cyclic esters (lactones) is 1. The fourth-order valence-electron chi connectivity index (χ4n) is 5.57. The number of nitrogens with zero attached hydrogens (tertiary/aromatic N) is 2. The van der Waals surface area contributed by atoms with E-state index in [9.17, 15) is 24.3 Å². The maximum atomic E-state index is 13.6. The normalized spacial score (nSPS) is 18.1. The van der Waals surface area contributed by atoms with Crippen LogP contribution in [-0.4, -0.2) is 44.3 Å². The summed E-state index contributed by atoms with van der Waals surface area (Å²) in [4.78, 5) is 56.8. The lowest BCUT2D eigenvalue weighted by atomic mass is 9.86. The molecule has 0 fully saturated rings. The number of carbonyl (C=O) groups excluding carboxylic acids is 3. The van der Waals surface area contributed by atoms with E-state index < -0.39 is 29.3 Å². The molecule has 0 radical (unpaired) electrons. The van der Waals surface area contributed by atoms with Gasteiger partial charge in [0.05, 0.1) is 29.0 Å². The first-order chi connectivity index (χ1) is 19.7. The number of benzene rings is 1. The summed E-state index contributed by atoms with van der Waals surface area (Å²) in [7, 11) is 0. The Balaban J connectivity index is 1.53. The van der Waals surface area contributed by atoms with Gasteiger partial charge in [0.15, 0.2) is 5.60 Å². The highest BCUT2D eigenvalue weighted by Gasteiger charge is 2.45. The highest BCUT2D eigenvalue weighted by atomic mass is 16.6. The first kappa shape index (κ1) is 29.2. The Kier molecular flexibility index (Phi) is 7.34. The van der Waals surface area contributed by atoms with Crippen molar-refractivity contribution in [3.63, 3.8) is 0 Å². The number of esters is 1.